The van der Waals surface area contributed by atoms with Crippen LogP contribution in [0.2, 0.25) is 0 Å². The molecule has 0 radical (unpaired) electrons. The standard InChI is InChI=1S/C10H22N2S2/c1-8(2)7-11-10(13)12-9(3)5-6-14-4/h8-9H,5-7H2,1-4H3,(H2,11,12,13). The van der Waals surface area contributed by atoms with Gasteiger partial charge in [-0.25, -0.2) is 0 Å². The van der Waals surface area contributed by atoms with Gasteiger partial charge in [-0.2, -0.15) is 11.8 Å². The Morgan fingerprint density at radius 2 is 2.00 bits per heavy atom. The molecule has 84 valence electrons. The highest BCUT2D eigenvalue weighted by Gasteiger charge is 2.03. The van der Waals surface area contributed by atoms with E-state index >= 15 is 0 Å². The zero-order valence-corrected chi connectivity index (χ0v) is 11.2. The van der Waals surface area contributed by atoms with E-state index in [2.05, 4.69) is 37.7 Å². The van der Waals surface area contributed by atoms with E-state index in [0.717, 1.165) is 18.1 Å². The molecule has 0 aliphatic heterocycles. The van der Waals surface area contributed by atoms with E-state index in [9.17, 15) is 0 Å². The summed E-state index contributed by atoms with van der Waals surface area (Å²) < 4.78 is 0. The molecule has 0 amide bonds. The van der Waals surface area contributed by atoms with E-state index in [-0.39, 0.29) is 0 Å². The van der Waals surface area contributed by atoms with E-state index in [4.69, 9.17) is 12.2 Å². The number of hydrogen-bond acceptors (Lipinski definition) is 2. The Labute approximate surface area is 97.6 Å². The van der Waals surface area contributed by atoms with Crippen LogP contribution in [0.15, 0.2) is 0 Å². The Balaban J connectivity index is 3.50. The Hall–Kier alpha value is 0.0400. The SMILES string of the molecule is CSCCC(C)NC(=S)NCC(C)C. The molecule has 1 unspecified atom stereocenters. The fourth-order valence-electron chi connectivity index (χ4n) is 0.938. The van der Waals surface area contributed by atoms with Crippen LogP contribution in [-0.2, 0) is 0 Å². The van der Waals surface area contributed by atoms with Crippen LogP contribution in [0, 0.1) is 5.92 Å². The molecular formula is C10H22N2S2. The topological polar surface area (TPSA) is 24.1 Å². The van der Waals surface area contributed by atoms with Crippen LogP contribution in [0.4, 0.5) is 0 Å². The maximum absolute atomic E-state index is 5.17. The largest absolute Gasteiger partial charge is 0.362 e. The highest BCUT2D eigenvalue weighted by atomic mass is 32.2. The van der Waals surface area contributed by atoms with E-state index in [1.54, 1.807) is 0 Å². The molecule has 2 nitrogen and oxygen atoms in total. The lowest BCUT2D eigenvalue weighted by atomic mass is 10.2. The summed E-state index contributed by atoms with van der Waals surface area (Å²) in [6.45, 7) is 7.46. The van der Waals surface area contributed by atoms with Gasteiger partial charge in [-0.15, -0.1) is 0 Å². The minimum atomic E-state index is 0.467. The monoisotopic (exact) mass is 234 g/mol. The van der Waals surface area contributed by atoms with Crippen LogP contribution in [0.1, 0.15) is 27.2 Å². The minimum Gasteiger partial charge on any atom is -0.362 e. The van der Waals surface area contributed by atoms with Crippen molar-refractivity contribution in [1.82, 2.24) is 10.6 Å². The molecular weight excluding hydrogens is 212 g/mol. The Kier molecular flexibility index (Phi) is 8.38. The third-order valence-corrected chi connectivity index (χ3v) is 2.71. The van der Waals surface area contributed by atoms with Gasteiger partial charge in [-0.05, 0) is 43.5 Å². The highest BCUT2D eigenvalue weighted by molar-refractivity contribution is 7.98. The molecule has 0 saturated heterocycles. The van der Waals surface area contributed by atoms with Crippen LogP contribution in [-0.4, -0.2) is 29.7 Å². The second-order valence-electron chi connectivity index (χ2n) is 3.93. The zero-order chi connectivity index (χ0) is 11.0. The van der Waals surface area contributed by atoms with Gasteiger partial charge < -0.3 is 10.6 Å². The average Bonchev–Trinajstić information content (AvgIpc) is 2.11. The lowest BCUT2D eigenvalue weighted by Crippen LogP contribution is -2.42. The Bertz CT molecular complexity index is 160. The first-order valence-electron chi connectivity index (χ1n) is 5.09. The molecule has 0 fully saturated rings. The second-order valence-corrected chi connectivity index (χ2v) is 5.32. The van der Waals surface area contributed by atoms with Crippen molar-refractivity contribution in [2.24, 2.45) is 5.92 Å². The molecule has 4 heteroatoms. The van der Waals surface area contributed by atoms with E-state index in [0.29, 0.717) is 12.0 Å². The molecule has 0 aromatic heterocycles. The number of thiocarbonyl (C=S) groups is 1. The van der Waals surface area contributed by atoms with Crippen molar-refractivity contribution in [3.63, 3.8) is 0 Å². The number of hydrogen-bond donors (Lipinski definition) is 2. The van der Waals surface area contributed by atoms with Crippen LogP contribution < -0.4 is 10.6 Å². The molecule has 0 saturated carbocycles. The quantitative estimate of drug-likeness (QED) is 0.688. The fourth-order valence-corrected chi connectivity index (χ4v) is 1.81. The molecule has 2 N–H and O–H groups in total. The summed E-state index contributed by atoms with van der Waals surface area (Å²) in [6.07, 6.45) is 3.28. The summed E-state index contributed by atoms with van der Waals surface area (Å²) in [5, 5.41) is 7.26. The summed E-state index contributed by atoms with van der Waals surface area (Å²) in [5.41, 5.74) is 0. The van der Waals surface area contributed by atoms with Crippen molar-refractivity contribution < 1.29 is 0 Å². The minimum absolute atomic E-state index is 0.467. The third-order valence-electron chi connectivity index (χ3n) is 1.80. The Morgan fingerprint density at radius 3 is 2.50 bits per heavy atom. The van der Waals surface area contributed by atoms with Gasteiger partial charge in [0.15, 0.2) is 5.11 Å². The number of nitrogens with one attached hydrogen (secondary N) is 2. The lowest BCUT2D eigenvalue weighted by molar-refractivity contribution is 0.596. The van der Waals surface area contributed by atoms with Crippen molar-refractivity contribution in [2.45, 2.75) is 33.2 Å². The molecule has 0 bridgehead atoms. The normalized spacial score (nSPS) is 12.6. The molecule has 1 atom stereocenters. The van der Waals surface area contributed by atoms with Crippen molar-refractivity contribution in [3.05, 3.63) is 0 Å². The second kappa shape index (κ2) is 8.36. The third kappa shape index (κ3) is 8.63. The first kappa shape index (κ1) is 14.0. The smallest absolute Gasteiger partial charge is 0.166 e. The van der Waals surface area contributed by atoms with Crippen molar-refractivity contribution >= 4 is 29.1 Å². The molecule has 0 heterocycles. The summed E-state index contributed by atoms with van der Waals surface area (Å²) in [5.74, 6) is 1.82. The summed E-state index contributed by atoms with van der Waals surface area (Å²) >= 11 is 7.04. The molecule has 0 aromatic rings. The van der Waals surface area contributed by atoms with Crippen LogP contribution in [0.25, 0.3) is 0 Å². The number of rotatable bonds is 6. The van der Waals surface area contributed by atoms with Crippen LogP contribution in [0.5, 0.6) is 0 Å². The van der Waals surface area contributed by atoms with Gasteiger partial charge in [-0.1, -0.05) is 13.8 Å². The van der Waals surface area contributed by atoms with Gasteiger partial charge in [0.05, 0.1) is 0 Å². The van der Waals surface area contributed by atoms with Gasteiger partial charge in [0.1, 0.15) is 0 Å². The van der Waals surface area contributed by atoms with Gasteiger partial charge >= 0.3 is 0 Å². The molecule has 0 aromatic carbocycles. The molecule has 0 aliphatic carbocycles. The van der Waals surface area contributed by atoms with Gasteiger partial charge in [-0.3, -0.25) is 0 Å². The van der Waals surface area contributed by atoms with Crippen LogP contribution in [0.3, 0.4) is 0 Å². The molecule has 0 aliphatic rings. The predicted molar refractivity (Wildman–Crippen MR) is 71.0 cm³/mol. The molecule has 0 rings (SSSR count). The summed E-state index contributed by atoms with van der Waals surface area (Å²) in [6, 6.07) is 0.467. The highest BCUT2D eigenvalue weighted by Crippen LogP contribution is 1.99. The lowest BCUT2D eigenvalue weighted by Gasteiger charge is -2.17. The van der Waals surface area contributed by atoms with Gasteiger partial charge in [0.2, 0.25) is 0 Å². The Morgan fingerprint density at radius 1 is 1.36 bits per heavy atom. The van der Waals surface area contributed by atoms with E-state index in [1.165, 1.54) is 5.75 Å². The maximum atomic E-state index is 5.17. The average molecular weight is 234 g/mol. The first-order chi connectivity index (χ1) is 6.56. The molecule has 0 spiro atoms. The summed E-state index contributed by atoms with van der Waals surface area (Å²) in [7, 11) is 0. The maximum Gasteiger partial charge on any atom is 0.166 e. The van der Waals surface area contributed by atoms with Gasteiger partial charge in [0.25, 0.3) is 0 Å². The van der Waals surface area contributed by atoms with Crippen molar-refractivity contribution in [3.8, 4) is 0 Å². The summed E-state index contributed by atoms with van der Waals surface area (Å²) in [4.78, 5) is 0. The van der Waals surface area contributed by atoms with E-state index in [1.807, 2.05) is 11.8 Å². The van der Waals surface area contributed by atoms with Crippen LogP contribution >= 0.6 is 24.0 Å². The number of thioether (sulfide) groups is 1. The first-order valence-corrected chi connectivity index (χ1v) is 6.89. The van der Waals surface area contributed by atoms with Gasteiger partial charge in [0, 0.05) is 12.6 Å². The fraction of sp³-hybridized carbons (Fsp3) is 0.900. The van der Waals surface area contributed by atoms with E-state index < -0.39 is 0 Å². The zero-order valence-electron chi connectivity index (χ0n) is 9.59. The van der Waals surface area contributed by atoms with Crippen molar-refractivity contribution in [1.29, 1.82) is 0 Å². The molecule has 14 heavy (non-hydrogen) atoms. The van der Waals surface area contributed by atoms with Crippen molar-refractivity contribution in [2.75, 3.05) is 18.6 Å². The predicted octanol–water partition coefficient (Wildman–Crippen LogP) is 2.25.